The zero-order chi connectivity index (χ0) is 11.6. The van der Waals surface area contributed by atoms with Crippen LogP contribution in [0.5, 0.6) is 0 Å². The van der Waals surface area contributed by atoms with Crippen LogP contribution >= 0.6 is 11.8 Å². The maximum atomic E-state index is 11.6. The first-order valence-corrected chi connectivity index (χ1v) is 6.68. The predicted molar refractivity (Wildman–Crippen MR) is 61.6 cm³/mol. The van der Waals surface area contributed by atoms with Crippen molar-refractivity contribution in [2.24, 2.45) is 0 Å². The Bertz CT molecular complexity index is 298. The smallest absolute Gasteiger partial charge is 0.329 e. The van der Waals surface area contributed by atoms with Gasteiger partial charge in [0.1, 0.15) is 5.54 Å². The molecule has 0 unspecified atom stereocenters. The fourth-order valence-electron chi connectivity index (χ4n) is 1.80. The van der Waals surface area contributed by atoms with Gasteiger partial charge < -0.3 is 15.7 Å². The Morgan fingerprint density at radius 1 is 1.25 bits per heavy atom. The highest BCUT2D eigenvalue weighted by atomic mass is 32.2. The first-order valence-electron chi connectivity index (χ1n) is 5.52. The molecule has 90 valence electrons. The first kappa shape index (κ1) is 11.6. The minimum Gasteiger partial charge on any atom is -0.480 e. The Balaban J connectivity index is 1.78. The summed E-state index contributed by atoms with van der Waals surface area (Å²) in [5, 5.41) is 14.3. The SMILES string of the molecule is O=C(NC1CCSCC1)NC1(C(=O)O)CC1. The number of amides is 2. The second-order valence-corrected chi connectivity index (χ2v) is 5.60. The molecule has 0 spiro atoms. The molecule has 6 heteroatoms. The van der Waals surface area contributed by atoms with Gasteiger partial charge in [-0.2, -0.15) is 11.8 Å². The van der Waals surface area contributed by atoms with Crippen LogP contribution in [0.3, 0.4) is 0 Å². The summed E-state index contributed by atoms with van der Waals surface area (Å²) in [7, 11) is 0. The van der Waals surface area contributed by atoms with Gasteiger partial charge in [-0.3, -0.25) is 0 Å². The van der Waals surface area contributed by atoms with Crippen molar-refractivity contribution in [1.29, 1.82) is 0 Å². The maximum Gasteiger partial charge on any atom is 0.329 e. The first-order chi connectivity index (χ1) is 7.62. The van der Waals surface area contributed by atoms with E-state index in [9.17, 15) is 9.59 Å². The summed E-state index contributed by atoms with van der Waals surface area (Å²) in [5.74, 6) is 1.20. The molecule has 2 amide bonds. The van der Waals surface area contributed by atoms with Crippen LogP contribution in [0.4, 0.5) is 4.79 Å². The van der Waals surface area contributed by atoms with Crippen molar-refractivity contribution in [3.8, 4) is 0 Å². The topological polar surface area (TPSA) is 78.4 Å². The molecule has 0 aromatic carbocycles. The monoisotopic (exact) mass is 244 g/mol. The number of urea groups is 1. The number of nitrogens with one attached hydrogen (secondary N) is 2. The van der Waals surface area contributed by atoms with Gasteiger partial charge in [-0.05, 0) is 37.2 Å². The molecule has 0 aromatic rings. The summed E-state index contributed by atoms with van der Waals surface area (Å²) in [6, 6.07) is -0.136. The van der Waals surface area contributed by atoms with Crippen molar-refractivity contribution in [1.82, 2.24) is 10.6 Å². The molecule has 1 saturated carbocycles. The fraction of sp³-hybridized carbons (Fsp3) is 0.800. The Kier molecular flexibility index (Phi) is 3.28. The molecule has 0 radical (unpaired) electrons. The van der Waals surface area contributed by atoms with E-state index in [0.717, 1.165) is 24.3 Å². The van der Waals surface area contributed by atoms with Gasteiger partial charge >= 0.3 is 12.0 Å². The minimum atomic E-state index is -0.979. The molecule has 1 aliphatic carbocycles. The zero-order valence-corrected chi connectivity index (χ0v) is 9.81. The summed E-state index contributed by atoms with van der Waals surface area (Å²) >= 11 is 1.89. The summed E-state index contributed by atoms with van der Waals surface area (Å²) in [6.07, 6.45) is 3.02. The highest BCUT2D eigenvalue weighted by Gasteiger charge is 2.51. The van der Waals surface area contributed by atoms with Crippen LogP contribution in [0.1, 0.15) is 25.7 Å². The van der Waals surface area contributed by atoms with Gasteiger partial charge in [-0.1, -0.05) is 0 Å². The minimum absolute atomic E-state index is 0.200. The molecule has 1 aliphatic heterocycles. The molecule has 3 N–H and O–H groups in total. The van der Waals surface area contributed by atoms with E-state index in [2.05, 4.69) is 10.6 Å². The van der Waals surface area contributed by atoms with E-state index >= 15 is 0 Å². The van der Waals surface area contributed by atoms with E-state index in [0.29, 0.717) is 12.8 Å². The molecule has 1 saturated heterocycles. The third-order valence-corrected chi connectivity index (χ3v) is 4.12. The molecule has 1 heterocycles. The Labute approximate surface area is 98.4 Å². The quantitative estimate of drug-likeness (QED) is 0.686. The number of hydrogen-bond acceptors (Lipinski definition) is 3. The molecule has 16 heavy (non-hydrogen) atoms. The highest BCUT2D eigenvalue weighted by molar-refractivity contribution is 7.99. The van der Waals surface area contributed by atoms with E-state index in [-0.39, 0.29) is 12.1 Å². The lowest BCUT2D eigenvalue weighted by molar-refractivity contribution is -0.140. The van der Waals surface area contributed by atoms with Crippen molar-refractivity contribution in [3.63, 3.8) is 0 Å². The number of hydrogen-bond donors (Lipinski definition) is 3. The van der Waals surface area contributed by atoms with Crippen LogP contribution < -0.4 is 10.6 Å². The molecule has 0 atom stereocenters. The van der Waals surface area contributed by atoms with Crippen molar-refractivity contribution >= 4 is 23.8 Å². The third kappa shape index (κ3) is 2.61. The van der Waals surface area contributed by atoms with Crippen LogP contribution in [-0.2, 0) is 4.79 Å². The van der Waals surface area contributed by atoms with Gasteiger partial charge in [0.25, 0.3) is 0 Å². The summed E-state index contributed by atoms with van der Waals surface area (Å²) in [6.45, 7) is 0. The molecule has 2 fully saturated rings. The number of carboxylic acids is 1. The van der Waals surface area contributed by atoms with E-state index in [1.807, 2.05) is 11.8 Å². The lowest BCUT2D eigenvalue weighted by Gasteiger charge is -2.23. The zero-order valence-electron chi connectivity index (χ0n) is 8.99. The number of carbonyl (C=O) groups excluding carboxylic acids is 1. The number of carbonyl (C=O) groups is 2. The average Bonchev–Trinajstić information content (AvgIpc) is 3.00. The number of thioether (sulfide) groups is 1. The number of carboxylic acid groups (broad SMARTS) is 1. The second-order valence-electron chi connectivity index (χ2n) is 4.37. The fourth-order valence-corrected chi connectivity index (χ4v) is 2.90. The predicted octanol–water partition coefficient (Wildman–Crippen LogP) is 0.798. The molecular formula is C10H16N2O3S. The van der Waals surface area contributed by atoms with Crippen molar-refractivity contribution in [3.05, 3.63) is 0 Å². The van der Waals surface area contributed by atoms with E-state index in [1.165, 1.54) is 0 Å². The van der Waals surface area contributed by atoms with Crippen molar-refractivity contribution in [2.45, 2.75) is 37.3 Å². The van der Waals surface area contributed by atoms with Gasteiger partial charge in [0.2, 0.25) is 0 Å². The van der Waals surface area contributed by atoms with Crippen LogP contribution in [-0.4, -0.2) is 40.2 Å². The molecule has 2 aliphatic rings. The summed E-state index contributed by atoms with van der Waals surface area (Å²) in [5.41, 5.74) is -0.979. The Morgan fingerprint density at radius 3 is 2.38 bits per heavy atom. The average molecular weight is 244 g/mol. The van der Waals surface area contributed by atoms with Crippen LogP contribution in [0, 0.1) is 0 Å². The lowest BCUT2D eigenvalue weighted by atomic mass is 10.1. The molecule has 0 bridgehead atoms. The lowest BCUT2D eigenvalue weighted by Crippen LogP contribution is -2.51. The van der Waals surface area contributed by atoms with Crippen molar-refractivity contribution in [2.75, 3.05) is 11.5 Å². The Morgan fingerprint density at radius 2 is 1.88 bits per heavy atom. The standard InChI is InChI=1S/C10H16N2O3S/c13-8(14)10(3-4-10)12-9(15)11-7-1-5-16-6-2-7/h7H,1-6H2,(H,13,14)(H2,11,12,15). The van der Waals surface area contributed by atoms with E-state index in [4.69, 9.17) is 5.11 Å². The molecular weight excluding hydrogens is 228 g/mol. The number of rotatable bonds is 3. The van der Waals surface area contributed by atoms with Crippen LogP contribution in [0.2, 0.25) is 0 Å². The van der Waals surface area contributed by atoms with Gasteiger partial charge in [-0.15, -0.1) is 0 Å². The van der Waals surface area contributed by atoms with Gasteiger partial charge in [-0.25, -0.2) is 9.59 Å². The molecule has 5 nitrogen and oxygen atoms in total. The van der Waals surface area contributed by atoms with Gasteiger partial charge in [0.05, 0.1) is 0 Å². The highest BCUT2D eigenvalue weighted by Crippen LogP contribution is 2.35. The Hall–Kier alpha value is -0.910. The molecule has 0 aromatic heterocycles. The van der Waals surface area contributed by atoms with E-state index in [1.54, 1.807) is 0 Å². The number of aliphatic carboxylic acids is 1. The van der Waals surface area contributed by atoms with Crippen LogP contribution in [0.25, 0.3) is 0 Å². The normalized spacial score (nSPS) is 23.5. The largest absolute Gasteiger partial charge is 0.480 e. The van der Waals surface area contributed by atoms with Crippen molar-refractivity contribution < 1.29 is 14.7 Å². The summed E-state index contributed by atoms with van der Waals surface area (Å²) < 4.78 is 0. The maximum absolute atomic E-state index is 11.6. The summed E-state index contributed by atoms with van der Waals surface area (Å²) in [4.78, 5) is 22.4. The second kappa shape index (κ2) is 4.53. The van der Waals surface area contributed by atoms with Gasteiger partial charge in [0.15, 0.2) is 0 Å². The molecule has 2 rings (SSSR count). The van der Waals surface area contributed by atoms with E-state index < -0.39 is 11.5 Å². The van der Waals surface area contributed by atoms with Crippen LogP contribution in [0.15, 0.2) is 0 Å². The van der Waals surface area contributed by atoms with Gasteiger partial charge in [0, 0.05) is 6.04 Å². The third-order valence-electron chi connectivity index (χ3n) is 3.07.